The van der Waals surface area contributed by atoms with Gasteiger partial charge in [-0.05, 0) is 25.1 Å². The molecule has 0 radical (unpaired) electrons. The Morgan fingerprint density at radius 2 is 2.10 bits per heavy atom. The molecule has 4 nitrogen and oxygen atoms in total. The van der Waals surface area contributed by atoms with E-state index in [4.69, 9.17) is 5.73 Å². The highest BCUT2D eigenvalue weighted by Gasteiger charge is 2.31. The number of anilines is 1. The van der Waals surface area contributed by atoms with Crippen molar-refractivity contribution in [3.8, 4) is 5.75 Å². The maximum Gasteiger partial charge on any atom is 0.573 e. The van der Waals surface area contributed by atoms with Crippen molar-refractivity contribution < 1.29 is 27.4 Å². The molecule has 0 heterocycles. The SMILES string of the molecule is CCOC(=O)CC=Cc1cc(N)ccc1OC(F)(F)F. The fourth-order valence-electron chi connectivity index (χ4n) is 1.42. The number of benzene rings is 1. The predicted molar refractivity (Wildman–Crippen MR) is 67.8 cm³/mol. The zero-order valence-electron chi connectivity index (χ0n) is 10.7. The lowest BCUT2D eigenvalue weighted by Crippen LogP contribution is -2.17. The van der Waals surface area contributed by atoms with Gasteiger partial charge in [0.05, 0.1) is 13.0 Å². The molecule has 0 aliphatic rings. The number of nitrogens with two attached hydrogens (primary N) is 1. The summed E-state index contributed by atoms with van der Waals surface area (Å²) in [5.74, 6) is -0.849. The first-order chi connectivity index (χ1) is 9.31. The van der Waals surface area contributed by atoms with E-state index in [0.717, 1.165) is 6.07 Å². The van der Waals surface area contributed by atoms with Crippen LogP contribution in [-0.4, -0.2) is 18.9 Å². The lowest BCUT2D eigenvalue weighted by Gasteiger charge is -2.11. The van der Waals surface area contributed by atoms with Crippen molar-refractivity contribution in [2.75, 3.05) is 12.3 Å². The van der Waals surface area contributed by atoms with E-state index in [1.54, 1.807) is 6.92 Å². The van der Waals surface area contributed by atoms with Gasteiger partial charge in [0.2, 0.25) is 0 Å². The minimum atomic E-state index is -4.79. The normalized spacial score (nSPS) is 11.6. The Bertz CT molecular complexity index is 498. The Morgan fingerprint density at radius 3 is 2.70 bits per heavy atom. The molecular weight excluding hydrogens is 275 g/mol. The van der Waals surface area contributed by atoms with E-state index in [9.17, 15) is 18.0 Å². The van der Waals surface area contributed by atoms with Gasteiger partial charge in [0, 0.05) is 11.3 Å². The molecule has 0 aliphatic heterocycles. The van der Waals surface area contributed by atoms with Crippen LogP contribution in [0.5, 0.6) is 5.75 Å². The van der Waals surface area contributed by atoms with Gasteiger partial charge in [0.25, 0.3) is 0 Å². The second kappa shape index (κ2) is 6.83. The molecule has 0 spiro atoms. The van der Waals surface area contributed by atoms with E-state index in [-0.39, 0.29) is 30.0 Å². The summed E-state index contributed by atoms with van der Waals surface area (Å²) >= 11 is 0. The highest BCUT2D eigenvalue weighted by atomic mass is 19.4. The quantitative estimate of drug-likeness (QED) is 0.668. The van der Waals surface area contributed by atoms with Gasteiger partial charge in [-0.1, -0.05) is 12.2 Å². The second-order valence-electron chi connectivity index (χ2n) is 3.76. The molecule has 7 heteroatoms. The Hall–Kier alpha value is -2.18. The number of halogens is 3. The molecule has 1 aromatic rings. The Kier molecular flexibility index (Phi) is 5.42. The minimum Gasteiger partial charge on any atom is -0.466 e. The molecule has 2 N–H and O–H groups in total. The average molecular weight is 289 g/mol. The number of hydrogen-bond donors (Lipinski definition) is 1. The largest absolute Gasteiger partial charge is 0.573 e. The molecule has 0 unspecified atom stereocenters. The van der Waals surface area contributed by atoms with E-state index < -0.39 is 12.3 Å². The van der Waals surface area contributed by atoms with Gasteiger partial charge in [-0.2, -0.15) is 0 Å². The van der Waals surface area contributed by atoms with Crippen LogP contribution in [0.3, 0.4) is 0 Å². The first-order valence-electron chi connectivity index (χ1n) is 5.79. The van der Waals surface area contributed by atoms with Crippen LogP contribution in [0.15, 0.2) is 24.3 Å². The topological polar surface area (TPSA) is 61.5 Å². The van der Waals surface area contributed by atoms with E-state index in [1.807, 2.05) is 0 Å². The van der Waals surface area contributed by atoms with E-state index in [1.165, 1.54) is 24.3 Å². The summed E-state index contributed by atoms with van der Waals surface area (Å²) in [5.41, 5.74) is 5.93. The highest BCUT2D eigenvalue weighted by molar-refractivity contribution is 5.73. The molecule has 0 aromatic heterocycles. The third kappa shape index (κ3) is 5.64. The molecule has 0 amide bonds. The summed E-state index contributed by atoms with van der Waals surface area (Å²) in [6.45, 7) is 1.90. The fraction of sp³-hybridized carbons (Fsp3) is 0.308. The Labute approximate surface area is 114 Å². The number of esters is 1. The molecule has 110 valence electrons. The first kappa shape index (κ1) is 15.9. The van der Waals surface area contributed by atoms with Crippen LogP contribution in [0, 0.1) is 0 Å². The van der Waals surface area contributed by atoms with Gasteiger partial charge in [-0.25, -0.2) is 0 Å². The fourth-order valence-corrected chi connectivity index (χ4v) is 1.42. The number of ether oxygens (including phenoxy) is 2. The van der Waals surface area contributed by atoms with Gasteiger partial charge < -0.3 is 15.2 Å². The van der Waals surface area contributed by atoms with Gasteiger partial charge >= 0.3 is 12.3 Å². The summed E-state index contributed by atoms with van der Waals surface area (Å²) in [4.78, 5) is 11.1. The van der Waals surface area contributed by atoms with Crippen LogP contribution in [0.25, 0.3) is 6.08 Å². The number of hydrogen-bond acceptors (Lipinski definition) is 4. The van der Waals surface area contributed by atoms with Crippen molar-refractivity contribution in [1.82, 2.24) is 0 Å². The molecule has 0 saturated carbocycles. The molecule has 0 atom stereocenters. The lowest BCUT2D eigenvalue weighted by molar-refractivity contribution is -0.274. The maximum atomic E-state index is 12.2. The highest BCUT2D eigenvalue weighted by Crippen LogP contribution is 2.28. The van der Waals surface area contributed by atoms with Gasteiger partial charge in [0.1, 0.15) is 5.75 Å². The number of rotatable bonds is 5. The smallest absolute Gasteiger partial charge is 0.466 e. The van der Waals surface area contributed by atoms with Crippen molar-refractivity contribution >= 4 is 17.7 Å². The number of carbonyl (C=O) groups excluding carboxylic acids is 1. The van der Waals surface area contributed by atoms with Crippen LogP contribution >= 0.6 is 0 Å². The number of carbonyl (C=O) groups is 1. The second-order valence-corrected chi connectivity index (χ2v) is 3.76. The van der Waals surface area contributed by atoms with Gasteiger partial charge in [-0.15, -0.1) is 13.2 Å². The van der Waals surface area contributed by atoms with Crippen LogP contribution in [0.1, 0.15) is 18.9 Å². The van der Waals surface area contributed by atoms with Crippen LogP contribution < -0.4 is 10.5 Å². The lowest BCUT2D eigenvalue weighted by atomic mass is 10.1. The summed E-state index contributed by atoms with van der Waals surface area (Å²) in [6.07, 6.45) is -2.13. The van der Waals surface area contributed by atoms with Crippen LogP contribution in [-0.2, 0) is 9.53 Å². The molecule has 0 aliphatic carbocycles. The van der Waals surface area contributed by atoms with Crippen molar-refractivity contribution in [2.45, 2.75) is 19.7 Å². The summed E-state index contributed by atoms with van der Waals surface area (Å²) < 4.78 is 45.2. The van der Waals surface area contributed by atoms with E-state index in [2.05, 4.69) is 9.47 Å². The predicted octanol–water partition coefficient (Wildman–Crippen LogP) is 3.13. The molecule has 1 rings (SSSR count). The number of alkyl halides is 3. The molecule has 0 saturated heterocycles. The molecule has 0 fully saturated rings. The monoisotopic (exact) mass is 289 g/mol. The molecule has 20 heavy (non-hydrogen) atoms. The third-order valence-electron chi connectivity index (χ3n) is 2.15. The third-order valence-corrected chi connectivity index (χ3v) is 2.15. The maximum absolute atomic E-state index is 12.2. The van der Waals surface area contributed by atoms with E-state index >= 15 is 0 Å². The molecule has 1 aromatic carbocycles. The average Bonchev–Trinajstić information content (AvgIpc) is 2.31. The standard InChI is InChI=1S/C13H14F3NO3/c1-2-19-12(18)5-3-4-9-8-10(17)6-7-11(9)20-13(14,15)16/h3-4,6-8H,2,5,17H2,1H3. The van der Waals surface area contributed by atoms with E-state index in [0.29, 0.717) is 0 Å². The first-order valence-corrected chi connectivity index (χ1v) is 5.79. The van der Waals surface area contributed by atoms with Gasteiger partial charge in [0.15, 0.2) is 0 Å². The van der Waals surface area contributed by atoms with Crippen LogP contribution in [0.2, 0.25) is 0 Å². The van der Waals surface area contributed by atoms with Gasteiger partial charge in [-0.3, -0.25) is 4.79 Å². The zero-order chi connectivity index (χ0) is 15.2. The Morgan fingerprint density at radius 1 is 1.40 bits per heavy atom. The summed E-state index contributed by atoms with van der Waals surface area (Å²) in [5, 5.41) is 0. The summed E-state index contributed by atoms with van der Waals surface area (Å²) in [7, 11) is 0. The minimum absolute atomic E-state index is 0.0475. The van der Waals surface area contributed by atoms with Crippen LogP contribution in [0.4, 0.5) is 18.9 Å². The Balaban J connectivity index is 2.84. The van der Waals surface area contributed by atoms with Crippen molar-refractivity contribution in [1.29, 1.82) is 0 Å². The zero-order valence-corrected chi connectivity index (χ0v) is 10.7. The number of nitrogen functional groups attached to an aromatic ring is 1. The molecular formula is C13H14F3NO3. The van der Waals surface area contributed by atoms with Crippen molar-refractivity contribution in [3.05, 3.63) is 29.8 Å². The van der Waals surface area contributed by atoms with Crippen molar-refractivity contribution in [2.24, 2.45) is 0 Å². The summed E-state index contributed by atoms with van der Waals surface area (Å²) in [6, 6.07) is 3.74. The molecule has 0 bridgehead atoms. The van der Waals surface area contributed by atoms with Crippen molar-refractivity contribution in [3.63, 3.8) is 0 Å².